The third-order valence-corrected chi connectivity index (χ3v) is 7.27. The molecule has 1 fully saturated rings. The topological polar surface area (TPSA) is 130 Å². The van der Waals surface area contributed by atoms with Gasteiger partial charge in [0, 0.05) is 29.9 Å². The van der Waals surface area contributed by atoms with Crippen LogP contribution in [0.4, 0.5) is 0 Å². The van der Waals surface area contributed by atoms with Crippen molar-refractivity contribution in [1.82, 2.24) is 10.2 Å². The summed E-state index contributed by atoms with van der Waals surface area (Å²) in [5, 5.41) is 19.8. The molecule has 4 N–H and O–H groups in total. The van der Waals surface area contributed by atoms with Crippen LogP contribution in [-0.4, -0.2) is 55.1 Å². The van der Waals surface area contributed by atoms with Gasteiger partial charge in [0.1, 0.15) is 6.04 Å². The number of carbonyl (C=O) groups is 2. The summed E-state index contributed by atoms with van der Waals surface area (Å²) >= 11 is 5.99. The largest absolute Gasteiger partial charge is 0.384 e. The molecule has 8 nitrogen and oxygen atoms in total. The molecular weight excluding hydrogens is 454 g/mol. The van der Waals surface area contributed by atoms with Crippen molar-refractivity contribution in [2.75, 3.05) is 18.8 Å². The van der Waals surface area contributed by atoms with Crippen LogP contribution < -0.4 is 10.5 Å². The van der Waals surface area contributed by atoms with E-state index in [1.807, 2.05) is 27.7 Å². The van der Waals surface area contributed by atoms with Gasteiger partial charge in [0.25, 0.3) is 0 Å². The molecule has 1 aromatic rings. The van der Waals surface area contributed by atoms with Crippen LogP contribution in [0.15, 0.2) is 24.3 Å². The molecule has 0 radical (unpaired) electrons. The Hall–Kier alpha value is -1.68. The molecule has 0 aromatic heterocycles. The molecule has 10 heteroatoms. The molecule has 0 spiro atoms. The Morgan fingerprint density at radius 3 is 2.34 bits per heavy atom. The van der Waals surface area contributed by atoms with Crippen LogP contribution in [0.2, 0.25) is 5.02 Å². The van der Waals surface area contributed by atoms with E-state index in [9.17, 15) is 23.1 Å². The zero-order valence-electron chi connectivity index (χ0n) is 19.1. The number of piperidine rings is 1. The molecule has 180 valence electrons. The van der Waals surface area contributed by atoms with Crippen molar-refractivity contribution in [2.45, 2.75) is 58.6 Å². The number of likely N-dealkylation sites (tertiary alicyclic amines) is 1. The van der Waals surface area contributed by atoms with Crippen molar-refractivity contribution in [1.29, 1.82) is 0 Å². The number of carbonyl (C=O) groups excluding carboxylic acids is 2. The van der Waals surface area contributed by atoms with Crippen LogP contribution in [0.5, 0.6) is 0 Å². The average Bonchev–Trinajstić information content (AvgIpc) is 2.67. The second-order valence-electron chi connectivity index (χ2n) is 9.52. The van der Waals surface area contributed by atoms with Crippen LogP contribution in [0, 0.1) is 11.3 Å². The predicted molar refractivity (Wildman–Crippen MR) is 124 cm³/mol. The van der Waals surface area contributed by atoms with E-state index in [0.29, 0.717) is 24.5 Å². The van der Waals surface area contributed by atoms with Gasteiger partial charge in [-0.3, -0.25) is 9.59 Å². The maximum absolute atomic E-state index is 13.3. The number of rotatable bonds is 8. The summed E-state index contributed by atoms with van der Waals surface area (Å²) in [6.45, 7) is 8.16. The average molecular weight is 488 g/mol. The summed E-state index contributed by atoms with van der Waals surface area (Å²) in [7, 11) is -3.63. The number of halogens is 1. The minimum absolute atomic E-state index is 0.0330. The number of aliphatic hydroxyl groups is 1. The molecule has 32 heavy (non-hydrogen) atoms. The molecule has 1 aliphatic rings. The van der Waals surface area contributed by atoms with Gasteiger partial charge < -0.3 is 15.3 Å². The molecule has 0 aliphatic carbocycles. The van der Waals surface area contributed by atoms with Crippen molar-refractivity contribution >= 4 is 33.4 Å². The van der Waals surface area contributed by atoms with E-state index < -0.39 is 33.0 Å². The number of nitrogens with zero attached hydrogens (tertiary/aromatic N) is 1. The Morgan fingerprint density at radius 2 is 1.84 bits per heavy atom. The Kier molecular flexibility index (Phi) is 8.36. The van der Waals surface area contributed by atoms with E-state index in [4.69, 9.17) is 16.7 Å². The highest BCUT2D eigenvalue weighted by Gasteiger charge is 2.50. The van der Waals surface area contributed by atoms with Crippen LogP contribution in [0.3, 0.4) is 0 Å². The maximum atomic E-state index is 13.3. The molecule has 1 saturated heterocycles. The number of nitrogens with two attached hydrogens (primary N) is 1. The Balaban J connectivity index is 2.09. The highest BCUT2D eigenvalue weighted by molar-refractivity contribution is 7.89. The van der Waals surface area contributed by atoms with Gasteiger partial charge in [-0.1, -0.05) is 51.4 Å². The van der Waals surface area contributed by atoms with Crippen molar-refractivity contribution < 1.29 is 23.1 Å². The van der Waals surface area contributed by atoms with Gasteiger partial charge in [-0.05, 0) is 36.5 Å². The van der Waals surface area contributed by atoms with E-state index in [-0.39, 0.29) is 30.4 Å². The normalized spacial score (nSPS) is 21.9. The standard InChI is InChI=1S/C22H34ClN3O5S/c1-15(2)19(25-18(27)6-5-13-32(24,30)31)20(28)26-12-11-22(29,21(3,4)14-26)16-7-9-17(23)10-8-16/h7-10,15,19,29H,5-6,11-14H2,1-4H3,(H,25,27)(H2,24,30,31)/t19-,22+/m1/s1. The monoisotopic (exact) mass is 487 g/mol. The highest BCUT2D eigenvalue weighted by Crippen LogP contribution is 2.46. The molecule has 1 heterocycles. The van der Waals surface area contributed by atoms with Crippen molar-refractivity contribution in [3.05, 3.63) is 34.9 Å². The van der Waals surface area contributed by atoms with Gasteiger partial charge in [-0.15, -0.1) is 0 Å². The van der Waals surface area contributed by atoms with Crippen molar-refractivity contribution in [2.24, 2.45) is 16.5 Å². The van der Waals surface area contributed by atoms with Gasteiger partial charge in [-0.2, -0.15) is 0 Å². The Morgan fingerprint density at radius 1 is 1.25 bits per heavy atom. The number of hydrogen-bond donors (Lipinski definition) is 3. The molecule has 0 saturated carbocycles. The van der Waals surface area contributed by atoms with Crippen LogP contribution in [-0.2, 0) is 25.2 Å². The van der Waals surface area contributed by atoms with Gasteiger partial charge in [0.15, 0.2) is 0 Å². The molecular formula is C22H34ClN3O5S. The number of hydrogen-bond acceptors (Lipinski definition) is 5. The summed E-state index contributed by atoms with van der Waals surface area (Å²) in [6, 6.07) is 6.35. The fraction of sp³-hybridized carbons (Fsp3) is 0.636. The summed E-state index contributed by atoms with van der Waals surface area (Å²) in [4.78, 5) is 27.3. The van der Waals surface area contributed by atoms with Crippen LogP contribution in [0.25, 0.3) is 0 Å². The fourth-order valence-electron chi connectivity index (χ4n) is 4.16. The summed E-state index contributed by atoms with van der Waals surface area (Å²) in [6.07, 6.45) is 0.407. The lowest BCUT2D eigenvalue weighted by Gasteiger charge is -2.51. The van der Waals surface area contributed by atoms with Gasteiger partial charge in [0.05, 0.1) is 11.4 Å². The first kappa shape index (κ1) is 26.6. The summed E-state index contributed by atoms with van der Waals surface area (Å²) in [5.74, 6) is -1.06. The third-order valence-electron chi connectivity index (χ3n) is 6.16. The Bertz CT molecular complexity index is 933. The first-order valence-electron chi connectivity index (χ1n) is 10.7. The van der Waals surface area contributed by atoms with E-state index in [2.05, 4.69) is 5.32 Å². The second kappa shape index (κ2) is 10.1. The lowest BCUT2D eigenvalue weighted by molar-refractivity contribution is -0.156. The first-order chi connectivity index (χ1) is 14.7. The van der Waals surface area contributed by atoms with E-state index in [0.717, 1.165) is 5.56 Å². The van der Waals surface area contributed by atoms with E-state index in [1.54, 1.807) is 29.2 Å². The molecule has 2 amide bonds. The lowest BCUT2D eigenvalue weighted by atomic mass is 9.66. The van der Waals surface area contributed by atoms with Crippen molar-refractivity contribution in [3.63, 3.8) is 0 Å². The highest BCUT2D eigenvalue weighted by atomic mass is 35.5. The maximum Gasteiger partial charge on any atom is 0.245 e. The first-order valence-corrected chi connectivity index (χ1v) is 12.8. The van der Waals surface area contributed by atoms with E-state index >= 15 is 0 Å². The molecule has 2 rings (SSSR count). The van der Waals surface area contributed by atoms with Crippen molar-refractivity contribution in [3.8, 4) is 0 Å². The molecule has 1 aliphatic heterocycles. The second-order valence-corrected chi connectivity index (χ2v) is 11.7. The van der Waals surface area contributed by atoms with Crippen LogP contribution in [0.1, 0.15) is 52.5 Å². The molecule has 1 aromatic carbocycles. The molecule has 2 atom stereocenters. The smallest absolute Gasteiger partial charge is 0.245 e. The predicted octanol–water partition coefficient (Wildman–Crippen LogP) is 2.00. The fourth-order valence-corrected chi connectivity index (χ4v) is 4.83. The number of primary sulfonamides is 1. The number of amides is 2. The zero-order valence-corrected chi connectivity index (χ0v) is 20.7. The number of nitrogens with one attached hydrogen (secondary N) is 1. The summed E-state index contributed by atoms with van der Waals surface area (Å²) < 4.78 is 22.1. The van der Waals surface area contributed by atoms with Gasteiger partial charge >= 0.3 is 0 Å². The lowest BCUT2D eigenvalue weighted by Crippen LogP contribution is -2.60. The van der Waals surface area contributed by atoms with E-state index in [1.165, 1.54) is 0 Å². The quantitative estimate of drug-likeness (QED) is 0.516. The number of sulfonamides is 1. The van der Waals surface area contributed by atoms with Crippen LogP contribution >= 0.6 is 11.6 Å². The Labute approximate surface area is 195 Å². The third kappa shape index (κ3) is 6.43. The SMILES string of the molecule is CC(C)[C@@H](NC(=O)CCCS(N)(=O)=O)C(=O)N1CC[C@](O)(c2ccc(Cl)cc2)C(C)(C)C1. The molecule has 0 unspecified atom stereocenters. The van der Waals surface area contributed by atoms with Gasteiger partial charge in [-0.25, -0.2) is 13.6 Å². The zero-order chi connectivity index (χ0) is 24.3. The minimum Gasteiger partial charge on any atom is -0.384 e. The minimum atomic E-state index is -3.63. The summed E-state index contributed by atoms with van der Waals surface area (Å²) in [5.41, 5.74) is -1.02. The van der Waals surface area contributed by atoms with Gasteiger partial charge in [0.2, 0.25) is 21.8 Å². The number of benzene rings is 1. The molecule has 0 bridgehead atoms.